The maximum atomic E-state index is 13.0. The van der Waals surface area contributed by atoms with E-state index in [1.54, 1.807) is 11.8 Å². The quantitative estimate of drug-likeness (QED) is 0.474. The van der Waals surface area contributed by atoms with Crippen molar-refractivity contribution in [1.29, 1.82) is 0 Å². The van der Waals surface area contributed by atoms with E-state index in [-0.39, 0.29) is 24.5 Å². The van der Waals surface area contributed by atoms with Crippen LogP contribution in [0.1, 0.15) is 38.3 Å². The number of nitrogens with one attached hydrogen (secondary N) is 1. The smallest absolute Gasteiger partial charge is 0.261 e. The molecule has 162 valence electrons. The average molecular weight is 540 g/mol. The van der Waals surface area contributed by atoms with Gasteiger partial charge in [-0.05, 0) is 68.7 Å². The highest BCUT2D eigenvalue weighted by molar-refractivity contribution is 9.10. The van der Waals surface area contributed by atoms with Gasteiger partial charge in [0.15, 0.2) is 6.61 Å². The molecule has 0 aromatic heterocycles. The van der Waals surface area contributed by atoms with E-state index in [1.165, 1.54) is 0 Å². The van der Waals surface area contributed by atoms with Crippen LogP contribution in [0.25, 0.3) is 0 Å². The van der Waals surface area contributed by atoms with Crippen molar-refractivity contribution < 1.29 is 14.3 Å². The largest absolute Gasteiger partial charge is 0.484 e. The zero-order chi connectivity index (χ0) is 22.3. The molecule has 0 radical (unpaired) electrons. The lowest BCUT2D eigenvalue weighted by atomic mass is 10.1. The van der Waals surface area contributed by atoms with Crippen molar-refractivity contribution in [2.45, 2.75) is 52.7 Å². The third kappa shape index (κ3) is 7.13. The summed E-state index contributed by atoms with van der Waals surface area (Å²) in [5.74, 6) is 0.198. The molecule has 2 aromatic carbocycles. The van der Waals surface area contributed by atoms with Crippen LogP contribution in [0.15, 0.2) is 51.4 Å². The summed E-state index contributed by atoms with van der Waals surface area (Å²) in [5, 5.41) is 2.96. The van der Waals surface area contributed by atoms with Gasteiger partial charge < -0.3 is 15.0 Å². The molecular formula is C23H28Br2N2O3. The molecular weight excluding hydrogens is 512 g/mol. The fraction of sp³-hybridized carbons (Fsp3) is 0.391. The van der Waals surface area contributed by atoms with Gasteiger partial charge in [0.25, 0.3) is 5.91 Å². The summed E-state index contributed by atoms with van der Waals surface area (Å²) >= 11 is 6.88. The predicted octanol–water partition coefficient (Wildman–Crippen LogP) is 5.23. The fourth-order valence-electron chi connectivity index (χ4n) is 2.77. The van der Waals surface area contributed by atoms with Crippen molar-refractivity contribution in [3.05, 3.63) is 62.5 Å². The monoisotopic (exact) mass is 538 g/mol. The van der Waals surface area contributed by atoms with Crippen LogP contribution in [0.4, 0.5) is 0 Å². The van der Waals surface area contributed by atoms with E-state index in [4.69, 9.17) is 4.74 Å². The van der Waals surface area contributed by atoms with E-state index >= 15 is 0 Å². The van der Waals surface area contributed by atoms with Gasteiger partial charge in [-0.25, -0.2) is 0 Å². The molecule has 2 rings (SSSR count). The summed E-state index contributed by atoms with van der Waals surface area (Å²) < 4.78 is 7.66. The maximum absolute atomic E-state index is 13.0. The van der Waals surface area contributed by atoms with Gasteiger partial charge in [-0.15, -0.1) is 0 Å². The lowest BCUT2D eigenvalue weighted by Crippen LogP contribution is -2.50. The van der Waals surface area contributed by atoms with Crippen LogP contribution in [0.3, 0.4) is 0 Å². The van der Waals surface area contributed by atoms with Crippen molar-refractivity contribution in [3.8, 4) is 5.75 Å². The van der Waals surface area contributed by atoms with Gasteiger partial charge in [0.05, 0.1) is 0 Å². The average Bonchev–Trinajstić information content (AvgIpc) is 2.73. The van der Waals surface area contributed by atoms with Gasteiger partial charge in [-0.1, -0.05) is 50.9 Å². The number of hydrogen-bond donors (Lipinski definition) is 1. The van der Waals surface area contributed by atoms with E-state index in [0.29, 0.717) is 12.3 Å². The van der Waals surface area contributed by atoms with Crippen molar-refractivity contribution in [2.75, 3.05) is 6.61 Å². The minimum absolute atomic E-state index is 0.0478. The molecule has 2 amide bonds. The van der Waals surface area contributed by atoms with Crippen LogP contribution in [0.2, 0.25) is 0 Å². The third-order valence-corrected chi connectivity index (χ3v) is 6.34. The number of hydrogen-bond acceptors (Lipinski definition) is 3. The lowest BCUT2D eigenvalue weighted by Gasteiger charge is -2.29. The van der Waals surface area contributed by atoms with Gasteiger partial charge in [-0.3, -0.25) is 9.59 Å². The van der Waals surface area contributed by atoms with E-state index in [1.807, 2.05) is 63.2 Å². The highest BCUT2D eigenvalue weighted by Gasteiger charge is 2.27. The Morgan fingerprint density at radius 1 is 1.10 bits per heavy atom. The molecule has 0 saturated heterocycles. The Labute approximate surface area is 195 Å². The second kappa shape index (κ2) is 11.5. The van der Waals surface area contributed by atoms with Gasteiger partial charge in [0, 0.05) is 21.5 Å². The molecule has 7 heteroatoms. The van der Waals surface area contributed by atoms with E-state index in [2.05, 4.69) is 37.2 Å². The number of ether oxygens (including phenoxy) is 1. The Balaban J connectivity index is 2.15. The highest BCUT2D eigenvalue weighted by Crippen LogP contribution is 2.22. The molecule has 0 bridgehead atoms. The maximum Gasteiger partial charge on any atom is 0.261 e. The summed E-state index contributed by atoms with van der Waals surface area (Å²) in [7, 11) is 0. The summed E-state index contributed by atoms with van der Waals surface area (Å²) in [4.78, 5) is 27.3. The van der Waals surface area contributed by atoms with Gasteiger partial charge in [-0.2, -0.15) is 0 Å². The molecule has 0 unspecified atom stereocenters. The number of amides is 2. The number of carbonyl (C=O) groups excluding carboxylic acids is 2. The lowest BCUT2D eigenvalue weighted by molar-refractivity contribution is -0.142. The second-order valence-corrected chi connectivity index (χ2v) is 9.11. The Bertz CT molecular complexity index is 871. The highest BCUT2D eigenvalue weighted by atomic mass is 79.9. The minimum atomic E-state index is -0.620. The molecule has 0 aliphatic carbocycles. The Morgan fingerprint density at radius 3 is 2.37 bits per heavy atom. The first kappa shape index (κ1) is 24.4. The summed E-state index contributed by atoms with van der Waals surface area (Å²) in [6.07, 6.45) is 0.825. The molecule has 0 aliphatic heterocycles. The van der Waals surface area contributed by atoms with Crippen molar-refractivity contribution in [1.82, 2.24) is 10.2 Å². The second-order valence-electron chi connectivity index (χ2n) is 7.34. The van der Waals surface area contributed by atoms with Crippen molar-refractivity contribution in [3.63, 3.8) is 0 Å². The fourth-order valence-corrected chi connectivity index (χ4v) is 3.28. The minimum Gasteiger partial charge on any atom is -0.484 e. The first-order valence-electron chi connectivity index (χ1n) is 9.94. The van der Waals surface area contributed by atoms with Gasteiger partial charge >= 0.3 is 0 Å². The van der Waals surface area contributed by atoms with E-state index < -0.39 is 6.04 Å². The van der Waals surface area contributed by atoms with E-state index in [0.717, 1.165) is 26.5 Å². The number of nitrogens with zero attached hydrogens (tertiary/aromatic N) is 1. The molecule has 0 heterocycles. The Hall–Kier alpha value is -1.86. The summed E-state index contributed by atoms with van der Waals surface area (Å²) in [6, 6.07) is 12.7. The van der Waals surface area contributed by atoms with Gasteiger partial charge in [0.1, 0.15) is 11.8 Å². The molecule has 1 N–H and O–H groups in total. The van der Waals surface area contributed by atoms with Crippen molar-refractivity contribution in [2.24, 2.45) is 0 Å². The Kier molecular flexibility index (Phi) is 9.37. The number of carbonyl (C=O) groups is 2. The molecule has 0 fully saturated rings. The molecule has 5 nitrogen and oxygen atoms in total. The van der Waals surface area contributed by atoms with Crippen molar-refractivity contribution >= 4 is 43.7 Å². The molecule has 2 aromatic rings. The SMILES string of the molecule is CC[C@@H](C)NC(=O)[C@@H](C)N(Cc1ccc(Br)cc1)C(=O)COc1ccc(Br)c(C)c1. The number of benzene rings is 2. The molecule has 2 atom stereocenters. The first-order valence-corrected chi connectivity index (χ1v) is 11.5. The molecule has 0 aliphatic rings. The number of halogens is 2. The van der Waals surface area contributed by atoms with Crippen LogP contribution in [-0.2, 0) is 16.1 Å². The number of aryl methyl sites for hydroxylation is 1. The zero-order valence-corrected chi connectivity index (χ0v) is 20.9. The third-order valence-electron chi connectivity index (χ3n) is 4.93. The van der Waals surface area contributed by atoms with Gasteiger partial charge in [0.2, 0.25) is 5.91 Å². The molecule has 0 spiro atoms. The Morgan fingerprint density at radius 2 is 1.77 bits per heavy atom. The van der Waals surface area contributed by atoms with Crippen LogP contribution in [-0.4, -0.2) is 35.4 Å². The molecule has 30 heavy (non-hydrogen) atoms. The van der Waals surface area contributed by atoms with Crippen LogP contribution in [0.5, 0.6) is 5.75 Å². The normalized spacial score (nSPS) is 12.7. The van der Waals surface area contributed by atoms with Crippen LogP contribution >= 0.6 is 31.9 Å². The summed E-state index contributed by atoms with van der Waals surface area (Å²) in [6.45, 7) is 7.85. The molecule has 0 saturated carbocycles. The van der Waals surface area contributed by atoms with Crippen LogP contribution in [0, 0.1) is 6.92 Å². The van der Waals surface area contributed by atoms with E-state index in [9.17, 15) is 9.59 Å². The predicted molar refractivity (Wildman–Crippen MR) is 126 cm³/mol. The number of rotatable bonds is 9. The zero-order valence-electron chi connectivity index (χ0n) is 17.7. The van der Waals surface area contributed by atoms with Crippen LogP contribution < -0.4 is 10.1 Å². The standard InChI is InChI=1S/C23H28Br2N2O3/c1-5-16(3)26-23(29)17(4)27(13-18-6-8-19(24)9-7-18)22(28)14-30-20-10-11-21(25)15(2)12-20/h6-12,16-17H,5,13-14H2,1-4H3,(H,26,29)/t16-,17-/m1/s1. The topological polar surface area (TPSA) is 58.6 Å². The summed E-state index contributed by atoms with van der Waals surface area (Å²) in [5.41, 5.74) is 1.96. The first-order chi connectivity index (χ1) is 14.2.